The maximum Gasteiger partial charge on any atom is 0.394 e. The Bertz CT molecular complexity index is 445. The maximum absolute atomic E-state index is 11.2. The first-order chi connectivity index (χ1) is 7.31. The van der Waals surface area contributed by atoms with Crippen molar-refractivity contribution in [2.24, 2.45) is 0 Å². The Morgan fingerprint density at radius 1 is 1.67 bits per heavy atom. The summed E-state index contributed by atoms with van der Waals surface area (Å²) in [4.78, 5) is 18.0. The highest BCUT2D eigenvalue weighted by molar-refractivity contribution is 5.84. The van der Waals surface area contributed by atoms with Gasteiger partial charge in [-0.05, 0) is 19.1 Å². The average molecular weight is 206 g/mol. The van der Waals surface area contributed by atoms with Crippen LogP contribution in [0, 0.1) is 0 Å². The normalized spacial score (nSPS) is 10.2. The molecule has 0 bridgehead atoms. The van der Waals surface area contributed by atoms with Gasteiger partial charge in [-0.3, -0.25) is 0 Å². The average Bonchev–Trinajstić information content (AvgIpc) is 2.89. The number of hydrogen-bond acceptors (Lipinski definition) is 4. The summed E-state index contributed by atoms with van der Waals surface area (Å²) in [6, 6.07) is 3.66. The number of carbonyl (C=O) groups is 1. The molecule has 0 aromatic carbocycles. The molecule has 5 nitrogen and oxygen atoms in total. The number of oxazole rings is 1. The SMILES string of the molecule is CCOC(=O)c1ncc(-c2ccc[nH]2)o1. The predicted octanol–water partition coefficient (Wildman–Crippen LogP) is 1.85. The Labute approximate surface area is 86.1 Å². The molecular formula is C10H10N2O3. The summed E-state index contributed by atoms with van der Waals surface area (Å²) < 4.78 is 9.98. The van der Waals surface area contributed by atoms with E-state index in [1.54, 1.807) is 13.1 Å². The molecule has 2 aromatic heterocycles. The summed E-state index contributed by atoms with van der Waals surface area (Å²) >= 11 is 0. The molecule has 0 unspecified atom stereocenters. The van der Waals surface area contributed by atoms with Gasteiger partial charge >= 0.3 is 11.9 Å². The van der Waals surface area contributed by atoms with Gasteiger partial charge in [0.15, 0.2) is 5.76 Å². The standard InChI is InChI=1S/C10H10N2O3/c1-2-14-10(13)9-12-6-8(15-9)7-4-3-5-11-7/h3-6,11H,2H2,1H3. The zero-order chi connectivity index (χ0) is 10.7. The number of carbonyl (C=O) groups excluding carboxylic acids is 1. The van der Waals surface area contributed by atoms with Gasteiger partial charge in [0, 0.05) is 6.20 Å². The van der Waals surface area contributed by atoms with E-state index < -0.39 is 5.97 Å². The van der Waals surface area contributed by atoms with Gasteiger partial charge in [-0.2, -0.15) is 0 Å². The van der Waals surface area contributed by atoms with Gasteiger partial charge in [-0.15, -0.1) is 0 Å². The second-order valence-corrected chi connectivity index (χ2v) is 2.83. The van der Waals surface area contributed by atoms with Crippen LogP contribution in [-0.4, -0.2) is 22.5 Å². The number of ether oxygens (including phenoxy) is 1. The molecule has 15 heavy (non-hydrogen) atoms. The van der Waals surface area contributed by atoms with Crippen molar-refractivity contribution >= 4 is 5.97 Å². The Kier molecular flexibility index (Phi) is 2.53. The van der Waals surface area contributed by atoms with E-state index in [2.05, 4.69) is 9.97 Å². The zero-order valence-electron chi connectivity index (χ0n) is 8.19. The van der Waals surface area contributed by atoms with Gasteiger partial charge in [0.05, 0.1) is 18.5 Å². The lowest BCUT2D eigenvalue weighted by molar-refractivity contribution is 0.0482. The molecule has 5 heteroatoms. The van der Waals surface area contributed by atoms with E-state index in [9.17, 15) is 4.79 Å². The molecule has 2 heterocycles. The molecule has 0 radical (unpaired) electrons. The molecule has 1 N–H and O–H groups in total. The fourth-order valence-electron chi connectivity index (χ4n) is 1.17. The topological polar surface area (TPSA) is 68.1 Å². The number of nitrogens with zero attached hydrogens (tertiary/aromatic N) is 1. The molecule has 0 aliphatic heterocycles. The molecular weight excluding hydrogens is 196 g/mol. The van der Waals surface area contributed by atoms with Crippen molar-refractivity contribution in [3.8, 4) is 11.5 Å². The molecule has 0 atom stereocenters. The third kappa shape index (κ3) is 1.90. The van der Waals surface area contributed by atoms with Crippen LogP contribution in [0.4, 0.5) is 0 Å². The molecule has 0 saturated heterocycles. The van der Waals surface area contributed by atoms with E-state index >= 15 is 0 Å². The highest BCUT2D eigenvalue weighted by atomic mass is 16.5. The van der Waals surface area contributed by atoms with E-state index in [-0.39, 0.29) is 5.89 Å². The van der Waals surface area contributed by atoms with Crippen molar-refractivity contribution in [2.75, 3.05) is 6.61 Å². The lowest BCUT2D eigenvalue weighted by Crippen LogP contribution is -2.04. The number of nitrogens with one attached hydrogen (secondary N) is 1. The largest absolute Gasteiger partial charge is 0.459 e. The van der Waals surface area contributed by atoms with Crippen molar-refractivity contribution in [1.82, 2.24) is 9.97 Å². The highest BCUT2D eigenvalue weighted by Crippen LogP contribution is 2.18. The Hall–Kier alpha value is -2.04. The molecule has 0 amide bonds. The molecule has 2 rings (SSSR count). The van der Waals surface area contributed by atoms with Gasteiger partial charge in [0.25, 0.3) is 0 Å². The number of H-pyrrole nitrogens is 1. The molecule has 0 fully saturated rings. The molecule has 2 aromatic rings. The van der Waals surface area contributed by atoms with E-state index in [0.717, 1.165) is 5.69 Å². The van der Waals surface area contributed by atoms with Crippen LogP contribution in [0.3, 0.4) is 0 Å². The first-order valence-electron chi connectivity index (χ1n) is 4.58. The Balaban J connectivity index is 2.21. The van der Waals surface area contributed by atoms with Gasteiger partial charge in [-0.1, -0.05) is 0 Å². The summed E-state index contributed by atoms with van der Waals surface area (Å²) in [6.45, 7) is 2.03. The monoisotopic (exact) mass is 206 g/mol. The number of hydrogen-bond donors (Lipinski definition) is 1. The van der Waals surface area contributed by atoms with Crippen LogP contribution in [-0.2, 0) is 4.74 Å². The van der Waals surface area contributed by atoms with E-state index in [1.165, 1.54) is 6.20 Å². The van der Waals surface area contributed by atoms with E-state index in [0.29, 0.717) is 12.4 Å². The summed E-state index contributed by atoms with van der Waals surface area (Å²) in [5.41, 5.74) is 0.776. The van der Waals surface area contributed by atoms with E-state index in [1.807, 2.05) is 12.1 Å². The summed E-state index contributed by atoms with van der Waals surface area (Å²) in [7, 11) is 0. The van der Waals surface area contributed by atoms with Crippen LogP contribution >= 0.6 is 0 Å². The maximum atomic E-state index is 11.2. The predicted molar refractivity (Wildman–Crippen MR) is 52.2 cm³/mol. The van der Waals surface area contributed by atoms with Crippen molar-refractivity contribution in [3.05, 3.63) is 30.4 Å². The van der Waals surface area contributed by atoms with Crippen LogP contribution in [0.5, 0.6) is 0 Å². The van der Waals surface area contributed by atoms with Crippen molar-refractivity contribution < 1.29 is 13.9 Å². The van der Waals surface area contributed by atoms with Crippen LogP contribution < -0.4 is 0 Å². The number of esters is 1. The Morgan fingerprint density at radius 3 is 3.20 bits per heavy atom. The number of aromatic nitrogens is 2. The van der Waals surface area contributed by atoms with Gasteiger partial charge in [-0.25, -0.2) is 9.78 Å². The van der Waals surface area contributed by atoms with Crippen LogP contribution in [0.15, 0.2) is 28.9 Å². The third-order valence-corrected chi connectivity index (χ3v) is 1.82. The van der Waals surface area contributed by atoms with Gasteiger partial charge in [0.2, 0.25) is 0 Å². The lowest BCUT2D eigenvalue weighted by atomic mass is 10.4. The summed E-state index contributed by atoms with van der Waals surface area (Å²) in [5, 5.41) is 0. The molecule has 0 spiro atoms. The van der Waals surface area contributed by atoms with Crippen molar-refractivity contribution in [3.63, 3.8) is 0 Å². The van der Waals surface area contributed by atoms with Crippen LogP contribution in [0.2, 0.25) is 0 Å². The summed E-state index contributed by atoms with van der Waals surface area (Å²) in [6.07, 6.45) is 3.25. The fourth-order valence-corrected chi connectivity index (χ4v) is 1.17. The Morgan fingerprint density at radius 2 is 2.53 bits per heavy atom. The lowest BCUT2D eigenvalue weighted by Gasteiger charge is -1.95. The third-order valence-electron chi connectivity index (χ3n) is 1.82. The second-order valence-electron chi connectivity index (χ2n) is 2.83. The van der Waals surface area contributed by atoms with E-state index in [4.69, 9.17) is 9.15 Å². The molecule has 78 valence electrons. The van der Waals surface area contributed by atoms with Crippen LogP contribution in [0.1, 0.15) is 17.6 Å². The van der Waals surface area contributed by atoms with Gasteiger partial charge < -0.3 is 14.1 Å². The van der Waals surface area contributed by atoms with Crippen LogP contribution in [0.25, 0.3) is 11.5 Å². The zero-order valence-corrected chi connectivity index (χ0v) is 8.19. The van der Waals surface area contributed by atoms with Crippen molar-refractivity contribution in [2.45, 2.75) is 6.92 Å². The molecule has 0 aliphatic carbocycles. The minimum absolute atomic E-state index is 0.0264. The minimum Gasteiger partial charge on any atom is -0.459 e. The highest BCUT2D eigenvalue weighted by Gasteiger charge is 2.14. The first kappa shape index (κ1) is 9.51. The first-order valence-corrected chi connectivity index (χ1v) is 4.58. The smallest absolute Gasteiger partial charge is 0.394 e. The summed E-state index contributed by atoms with van der Waals surface area (Å²) in [5.74, 6) is -0.0557. The number of aromatic amines is 1. The second kappa shape index (κ2) is 4.00. The van der Waals surface area contributed by atoms with Crippen molar-refractivity contribution in [1.29, 1.82) is 0 Å². The molecule has 0 saturated carbocycles. The fraction of sp³-hybridized carbons (Fsp3) is 0.200. The number of rotatable bonds is 3. The molecule has 0 aliphatic rings. The minimum atomic E-state index is -0.546. The van der Waals surface area contributed by atoms with Gasteiger partial charge in [0.1, 0.15) is 0 Å². The quantitative estimate of drug-likeness (QED) is 0.778.